The van der Waals surface area contributed by atoms with Crippen LogP contribution in [0.25, 0.3) is 0 Å². The highest BCUT2D eigenvalue weighted by Crippen LogP contribution is 2.20. The van der Waals surface area contributed by atoms with Crippen LogP contribution in [0.4, 0.5) is 0 Å². The van der Waals surface area contributed by atoms with Gasteiger partial charge in [0.15, 0.2) is 0 Å². The Morgan fingerprint density at radius 1 is 0.760 bits per heavy atom. The van der Waals surface area contributed by atoms with E-state index >= 15 is 0 Å². The van der Waals surface area contributed by atoms with Crippen molar-refractivity contribution in [1.29, 1.82) is 0 Å². The van der Waals surface area contributed by atoms with Gasteiger partial charge in [0.25, 0.3) is 0 Å². The van der Waals surface area contributed by atoms with E-state index in [1.807, 2.05) is 0 Å². The fraction of sp³-hybridized carbons (Fsp3) is 0.957. The van der Waals surface area contributed by atoms with E-state index < -0.39 is 0 Å². The maximum Gasteiger partial charge on any atom is 0.305 e. The van der Waals surface area contributed by atoms with Crippen molar-refractivity contribution in [3.8, 4) is 0 Å². The highest BCUT2D eigenvalue weighted by atomic mass is 16.5. The van der Waals surface area contributed by atoms with Gasteiger partial charge in [-0.05, 0) is 31.1 Å². The smallest absolute Gasteiger partial charge is 0.305 e. The molecule has 0 rings (SSSR count). The Hall–Kier alpha value is -0.530. The van der Waals surface area contributed by atoms with Crippen LogP contribution < -0.4 is 0 Å². The van der Waals surface area contributed by atoms with Crippen molar-refractivity contribution in [3.63, 3.8) is 0 Å². The third kappa shape index (κ3) is 16.7. The molecule has 0 N–H and O–H groups in total. The molecule has 2 nitrogen and oxygen atoms in total. The van der Waals surface area contributed by atoms with Crippen LogP contribution >= 0.6 is 0 Å². The largest absolute Gasteiger partial charge is 0.465 e. The second-order valence-corrected chi connectivity index (χ2v) is 8.01. The molecule has 0 saturated carbocycles. The second kappa shape index (κ2) is 18.3. The summed E-state index contributed by atoms with van der Waals surface area (Å²) < 4.78 is 5.56. The van der Waals surface area contributed by atoms with Crippen molar-refractivity contribution < 1.29 is 9.53 Å². The fourth-order valence-corrected chi connectivity index (χ4v) is 3.31. The van der Waals surface area contributed by atoms with Crippen LogP contribution in [0.2, 0.25) is 0 Å². The van der Waals surface area contributed by atoms with E-state index in [0.717, 1.165) is 12.3 Å². The first-order valence-electron chi connectivity index (χ1n) is 11.3. The summed E-state index contributed by atoms with van der Waals surface area (Å²) in [6.07, 6.45) is 18.3. The summed E-state index contributed by atoms with van der Waals surface area (Å²) in [6, 6.07) is 0. The minimum atomic E-state index is 0.0209. The summed E-state index contributed by atoms with van der Waals surface area (Å²) in [6.45, 7) is 9.69. The van der Waals surface area contributed by atoms with E-state index in [0.29, 0.717) is 18.9 Å². The van der Waals surface area contributed by atoms with Crippen LogP contribution in [-0.2, 0) is 9.53 Å². The third-order valence-electron chi connectivity index (χ3n) is 5.43. The average molecular weight is 355 g/mol. The lowest BCUT2D eigenvalue weighted by Crippen LogP contribution is -2.15. The minimum Gasteiger partial charge on any atom is -0.465 e. The van der Waals surface area contributed by atoms with Crippen LogP contribution in [0.5, 0.6) is 0 Å². The lowest BCUT2D eigenvalue weighted by Gasteiger charge is -2.18. The van der Waals surface area contributed by atoms with Gasteiger partial charge in [0.1, 0.15) is 0 Å². The van der Waals surface area contributed by atoms with Gasteiger partial charge in [0.2, 0.25) is 0 Å². The normalized spacial score (nSPS) is 13.6. The number of carbonyl (C=O) groups is 1. The van der Waals surface area contributed by atoms with Gasteiger partial charge < -0.3 is 4.74 Å². The van der Waals surface area contributed by atoms with E-state index in [4.69, 9.17) is 4.74 Å². The molecule has 0 spiro atoms. The van der Waals surface area contributed by atoms with Gasteiger partial charge in [0, 0.05) is 6.42 Å². The molecule has 0 bridgehead atoms. The standard InChI is InChI=1S/C23H46O2/c1-5-8-9-10-11-12-13-14-15-17-23(24)25-20-22(16-6-2)19-18-21(4)7-3/h21-22H,5-20H2,1-4H3. The monoisotopic (exact) mass is 354 g/mol. The zero-order chi connectivity index (χ0) is 18.8. The number of hydrogen-bond acceptors (Lipinski definition) is 2. The van der Waals surface area contributed by atoms with Gasteiger partial charge in [-0.2, -0.15) is 0 Å². The first kappa shape index (κ1) is 24.5. The molecule has 150 valence electrons. The Kier molecular flexibility index (Phi) is 17.9. The highest BCUT2D eigenvalue weighted by molar-refractivity contribution is 5.69. The van der Waals surface area contributed by atoms with Gasteiger partial charge in [-0.3, -0.25) is 4.79 Å². The van der Waals surface area contributed by atoms with Crippen molar-refractivity contribution in [1.82, 2.24) is 0 Å². The SMILES string of the molecule is CCCCCCCCCCCC(=O)OCC(CCC)CCC(C)CC. The Morgan fingerprint density at radius 3 is 1.92 bits per heavy atom. The molecule has 0 aromatic rings. The third-order valence-corrected chi connectivity index (χ3v) is 5.43. The quantitative estimate of drug-likeness (QED) is 0.186. The van der Waals surface area contributed by atoms with E-state index in [1.54, 1.807) is 0 Å². The predicted octanol–water partition coefficient (Wildman–Crippen LogP) is 7.69. The molecule has 0 aliphatic heterocycles. The summed E-state index contributed by atoms with van der Waals surface area (Å²) in [4.78, 5) is 11.9. The Labute approximate surface area is 158 Å². The number of esters is 1. The molecule has 0 heterocycles. The van der Waals surface area contributed by atoms with E-state index in [1.165, 1.54) is 83.5 Å². The highest BCUT2D eigenvalue weighted by Gasteiger charge is 2.12. The first-order valence-corrected chi connectivity index (χ1v) is 11.3. The van der Waals surface area contributed by atoms with Gasteiger partial charge >= 0.3 is 5.97 Å². The van der Waals surface area contributed by atoms with E-state index in [-0.39, 0.29) is 5.97 Å². The molecule has 0 aliphatic carbocycles. The summed E-state index contributed by atoms with van der Waals surface area (Å²) in [5, 5.41) is 0. The Balaban J connectivity index is 3.61. The van der Waals surface area contributed by atoms with Gasteiger partial charge in [0.05, 0.1) is 6.61 Å². The molecule has 0 saturated heterocycles. The average Bonchev–Trinajstić information content (AvgIpc) is 2.62. The van der Waals surface area contributed by atoms with Crippen molar-refractivity contribution in [2.24, 2.45) is 11.8 Å². The molecule has 0 amide bonds. The first-order chi connectivity index (χ1) is 12.1. The van der Waals surface area contributed by atoms with Crippen LogP contribution in [0.3, 0.4) is 0 Å². The maximum atomic E-state index is 11.9. The molecular weight excluding hydrogens is 308 g/mol. The van der Waals surface area contributed by atoms with Gasteiger partial charge in [-0.15, -0.1) is 0 Å². The minimum absolute atomic E-state index is 0.0209. The van der Waals surface area contributed by atoms with E-state index in [9.17, 15) is 4.79 Å². The summed E-state index contributed by atoms with van der Waals surface area (Å²) in [5.74, 6) is 1.37. The van der Waals surface area contributed by atoms with Crippen molar-refractivity contribution in [2.45, 2.75) is 124 Å². The molecule has 0 aromatic heterocycles. The maximum absolute atomic E-state index is 11.9. The molecule has 2 atom stereocenters. The predicted molar refractivity (Wildman–Crippen MR) is 110 cm³/mol. The van der Waals surface area contributed by atoms with Gasteiger partial charge in [-0.25, -0.2) is 0 Å². The zero-order valence-corrected chi connectivity index (χ0v) is 17.8. The zero-order valence-electron chi connectivity index (χ0n) is 17.8. The Morgan fingerprint density at radius 2 is 1.36 bits per heavy atom. The van der Waals surface area contributed by atoms with Crippen LogP contribution in [0.1, 0.15) is 124 Å². The molecule has 0 aliphatic rings. The number of ether oxygens (including phenoxy) is 1. The Bertz CT molecular complexity index is 288. The van der Waals surface area contributed by atoms with Gasteiger partial charge in [-0.1, -0.05) is 98.3 Å². The molecule has 2 heteroatoms. The lowest BCUT2D eigenvalue weighted by molar-refractivity contribution is -0.145. The molecular formula is C23H46O2. The van der Waals surface area contributed by atoms with Crippen molar-refractivity contribution in [2.75, 3.05) is 6.61 Å². The van der Waals surface area contributed by atoms with Crippen LogP contribution in [-0.4, -0.2) is 12.6 Å². The lowest BCUT2D eigenvalue weighted by atomic mass is 9.93. The summed E-state index contributed by atoms with van der Waals surface area (Å²) >= 11 is 0. The number of rotatable bonds is 18. The fourth-order valence-electron chi connectivity index (χ4n) is 3.31. The molecule has 2 unspecified atom stereocenters. The summed E-state index contributed by atoms with van der Waals surface area (Å²) in [5.41, 5.74) is 0. The number of hydrogen-bond donors (Lipinski definition) is 0. The van der Waals surface area contributed by atoms with Crippen LogP contribution in [0, 0.1) is 11.8 Å². The molecule has 0 radical (unpaired) electrons. The summed E-state index contributed by atoms with van der Waals surface area (Å²) in [7, 11) is 0. The topological polar surface area (TPSA) is 26.3 Å². The second-order valence-electron chi connectivity index (χ2n) is 8.01. The van der Waals surface area contributed by atoms with Crippen molar-refractivity contribution >= 4 is 5.97 Å². The van der Waals surface area contributed by atoms with E-state index in [2.05, 4.69) is 27.7 Å². The number of carbonyl (C=O) groups excluding carboxylic acids is 1. The van der Waals surface area contributed by atoms with Crippen molar-refractivity contribution in [3.05, 3.63) is 0 Å². The van der Waals surface area contributed by atoms with Crippen LogP contribution in [0.15, 0.2) is 0 Å². The molecule has 0 aromatic carbocycles. The molecule has 25 heavy (non-hydrogen) atoms. The molecule has 0 fully saturated rings. The number of unbranched alkanes of at least 4 members (excludes halogenated alkanes) is 8.